The molecule has 26 heavy (non-hydrogen) atoms. The summed E-state index contributed by atoms with van der Waals surface area (Å²) < 4.78 is 23.3. The number of benzene rings is 2. The molecule has 2 aromatic rings. The molecule has 6 nitrogen and oxygen atoms in total. The normalized spacial score (nSPS) is 11.5. The molecular weight excluding hydrogens is 339 g/mol. The molecule has 0 bridgehead atoms. The van der Waals surface area contributed by atoms with Crippen LogP contribution in [0.2, 0.25) is 0 Å². The Morgan fingerprint density at radius 1 is 1.12 bits per heavy atom. The molecule has 0 aromatic heterocycles. The second-order valence-electron chi connectivity index (χ2n) is 5.50. The summed E-state index contributed by atoms with van der Waals surface area (Å²) in [4.78, 5) is 24.6. The van der Waals surface area contributed by atoms with Gasteiger partial charge in [0, 0.05) is 13.7 Å². The van der Waals surface area contributed by atoms with Crippen LogP contribution in [0.4, 0.5) is 10.1 Å². The van der Waals surface area contributed by atoms with E-state index >= 15 is 0 Å². The van der Waals surface area contributed by atoms with E-state index in [0.29, 0.717) is 30.2 Å². The van der Waals surface area contributed by atoms with Crippen LogP contribution in [-0.4, -0.2) is 38.2 Å². The van der Waals surface area contributed by atoms with E-state index in [1.54, 1.807) is 38.3 Å². The molecular formula is C19H21FN2O4. The lowest BCUT2D eigenvalue weighted by atomic mass is 10.1. The van der Waals surface area contributed by atoms with Gasteiger partial charge in [-0.1, -0.05) is 12.1 Å². The van der Waals surface area contributed by atoms with Crippen molar-refractivity contribution in [1.29, 1.82) is 0 Å². The molecule has 7 heteroatoms. The highest BCUT2D eigenvalue weighted by molar-refractivity contribution is 6.04. The number of carbonyl (C=O) groups excluding carboxylic acids is 2. The van der Waals surface area contributed by atoms with Crippen LogP contribution in [-0.2, 0) is 9.53 Å². The van der Waals surface area contributed by atoms with E-state index in [-0.39, 0.29) is 11.7 Å². The average molecular weight is 360 g/mol. The van der Waals surface area contributed by atoms with Gasteiger partial charge in [-0.3, -0.25) is 9.59 Å². The van der Waals surface area contributed by atoms with Gasteiger partial charge in [-0.05, 0) is 43.3 Å². The van der Waals surface area contributed by atoms with Crippen LogP contribution >= 0.6 is 0 Å². The number of halogens is 1. The van der Waals surface area contributed by atoms with E-state index in [9.17, 15) is 14.0 Å². The summed E-state index contributed by atoms with van der Waals surface area (Å²) in [6, 6.07) is 12.1. The van der Waals surface area contributed by atoms with Crippen LogP contribution < -0.4 is 15.4 Å². The average Bonchev–Trinajstić information content (AvgIpc) is 2.64. The van der Waals surface area contributed by atoms with Crippen LogP contribution in [0, 0.1) is 5.82 Å². The highest BCUT2D eigenvalue weighted by atomic mass is 19.1. The SMILES string of the molecule is COCCNC(=O)c1ccccc1NC(=O)[C@@H](C)Oc1ccc(F)cc1. The second kappa shape index (κ2) is 9.53. The van der Waals surface area contributed by atoms with Crippen LogP contribution in [0.3, 0.4) is 0 Å². The molecule has 1 atom stereocenters. The van der Waals surface area contributed by atoms with Crippen LogP contribution in [0.1, 0.15) is 17.3 Å². The van der Waals surface area contributed by atoms with Crippen molar-refractivity contribution in [3.05, 3.63) is 59.9 Å². The molecule has 2 amide bonds. The Morgan fingerprint density at radius 2 is 1.81 bits per heavy atom. The summed E-state index contributed by atoms with van der Waals surface area (Å²) in [6.07, 6.45) is -0.829. The summed E-state index contributed by atoms with van der Waals surface area (Å²) in [5.74, 6) is -0.751. The zero-order valence-electron chi connectivity index (χ0n) is 14.6. The predicted octanol–water partition coefficient (Wildman–Crippen LogP) is 2.61. The second-order valence-corrected chi connectivity index (χ2v) is 5.50. The molecule has 0 aliphatic heterocycles. The Hall–Kier alpha value is -2.93. The van der Waals surface area contributed by atoms with E-state index in [4.69, 9.17) is 9.47 Å². The van der Waals surface area contributed by atoms with Crippen LogP contribution in [0.15, 0.2) is 48.5 Å². The van der Waals surface area contributed by atoms with Gasteiger partial charge in [0.1, 0.15) is 11.6 Å². The Bertz CT molecular complexity index is 749. The molecule has 2 N–H and O–H groups in total. The zero-order valence-corrected chi connectivity index (χ0v) is 14.6. The van der Waals surface area contributed by atoms with Gasteiger partial charge in [-0.2, -0.15) is 0 Å². The van der Waals surface area contributed by atoms with Gasteiger partial charge in [0.15, 0.2) is 6.10 Å². The Kier molecular flexibility index (Phi) is 7.11. The number of para-hydroxylation sites is 1. The number of methoxy groups -OCH3 is 1. The largest absolute Gasteiger partial charge is 0.481 e. The first-order valence-electron chi connectivity index (χ1n) is 8.10. The molecule has 0 radical (unpaired) electrons. The Morgan fingerprint density at radius 3 is 2.50 bits per heavy atom. The van der Waals surface area contributed by atoms with E-state index in [2.05, 4.69) is 10.6 Å². The number of hydrogen-bond donors (Lipinski definition) is 2. The molecule has 0 saturated heterocycles. The monoisotopic (exact) mass is 360 g/mol. The first-order valence-corrected chi connectivity index (χ1v) is 8.10. The Labute approximate surface area is 151 Å². The zero-order chi connectivity index (χ0) is 18.9. The molecule has 0 aliphatic rings. The predicted molar refractivity (Wildman–Crippen MR) is 95.8 cm³/mol. The first-order chi connectivity index (χ1) is 12.5. The van der Waals surface area contributed by atoms with Gasteiger partial charge < -0.3 is 20.1 Å². The molecule has 0 fully saturated rings. The summed E-state index contributed by atoms with van der Waals surface area (Å²) in [5.41, 5.74) is 0.716. The number of rotatable bonds is 8. The minimum Gasteiger partial charge on any atom is -0.481 e. The van der Waals surface area contributed by atoms with Crippen molar-refractivity contribution in [2.45, 2.75) is 13.0 Å². The highest BCUT2D eigenvalue weighted by Gasteiger charge is 2.18. The Balaban J connectivity index is 2.01. The number of anilines is 1. The van der Waals surface area contributed by atoms with Gasteiger partial charge in [0.05, 0.1) is 17.9 Å². The van der Waals surface area contributed by atoms with Crippen molar-refractivity contribution < 1.29 is 23.5 Å². The standard InChI is InChI=1S/C19H21FN2O4/c1-13(26-15-9-7-14(20)8-10-15)18(23)22-17-6-4-3-5-16(17)19(24)21-11-12-25-2/h3-10,13H,11-12H2,1-2H3,(H,21,24)(H,22,23)/t13-/m1/s1. The number of hydrogen-bond acceptors (Lipinski definition) is 4. The summed E-state index contributed by atoms with van der Waals surface area (Å²) >= 11 is 0. The maximum Gasteiger partial charge on any atom is 0.265 e. The highest BCUT2D eigenvalue weighted by Crippen LogP contribution is 2.17. The van der Waals surface area contributed by atoms with Gasteiger partial charge in [-0.15, -0.1) is 0 Å². The lowest BCUT2D eigenvalue weighted by Gasteiger charge is -2.16. The molecule has 138 valence electrons. The summed E-state index contributed by atoms with van der Waals surface area (Å²) in [5, 5.41) is 5.39. The first kappa shape index (κ1) is 19.4. The van der Waals surface area contributed by atoms with Crippen molar-refractivity contribution in [1.82, 2.24) is 5.32 Å². The minimum absolute atomic E-state index is 0.315. The van der Waals surface area contributed by atoms with Crippen molar-refractivity contribution in [3.8, 4) is 5.75 Å². The van der Waals surface area contributed by atoms with Gasteiger partial charge in [0.2, 0.25) is 0 Å². The smallest absolute Gasteiger partial charge is 0.265 e. The van der Waals surface area contributed by atoms with Gasteiger partial charge in [-0.25, -0.2) is 4.39 Å². The summed E-state index contributed by atoms with van der Waals surface area (Å²) in [7, 11) is 1.54. The quantitative estimate of drug-likeness (QED) is 0.710. The summed E-state index contributed by atoms with van der Waals surface area (Å²) in [6.45, 7) is 2.32. The van der Waals surface area contributed by atoms with Gasteiger partial charge >= 0.3 is 0 Å². The fourth-order valence-electron chi connectivity index (χ4n) is 2.16. The third kappa shape index (κ3) is 5.56. The van der Waals surface area contributed by atoms with E-state index in [0.717, 1.165) is 0 Å². The topological polar surface area (TPSA) is 76.7 Å². The van der Waals surface area contributed by atoms with Gasteiger partial charge in [0.25, 0.3) is 11.8 Å². The molecule has 0 heterocycles. The van der Waals surface area contributed by atoms with Crippen molar-refractivity contribution in [2.24, 2.45) is 0 Å². The fraction of sp³-hybridized carbons (Fsp3) is 0.263. The number of nitrogens with one attached hydrogen (secondary N) is 2. The molecule has 0 spiro atoms. The number of ether oxygens (including phenoxy) is 2. The van der Waals surface area contributed by atoms with Crippen molar-refractivity contribution >= 4 is 17.5 Å². The van der Waals surface area contributed by atoms with Crippen LogP contribution in [0.25, 0.3) is 0 Å². The molecule has 2 rings (SSSR count). The third-order valence-electron chi connectivity index (χ3n) is 3.52. The van der Waals surface area contributed by atoms with E-state index in [1.807, 2.05) is 0 Å². The number of amides is 2. The molecule has 0 unspecified atom stereocenters. The van der Waals surface area contributed by atoms with Crippen molar-refractivity contribution in [3.63, 3.8) is 0 Å². The lowest BCUT2D eigenvalue weighted by Crippen LogP contribution is -2.32. The maximum absolute atomic E-state index is 12.9. The lowest BCUT2D eigenvalue weighted by molar-refractivity contribution is -0.122. The third-order valence-corrected chi connectivity index (χ3v) is 3.52. The molecule has 0 saturated carbocycles. The van der Waals surface area contributed by atoms with Crippen LogP contribution in [0.5, 0.6) is 5.75 Å². The fourth-order valence-corrected chi connectivity index (χ4v) is 2.16. The minimum atomic E-state index is -0.829. The number of carbonyl (C=O) groups is 2. The molecule has 0 aliphatic carbocycles. The maximum atomic E-state index is 12.9. The van der Waals surface area contributed by atoms with Crippen molar-refractivity contribution in [2.75, 3.05) is 25.6 Å². The van der Waals surface area contributed by atoms with E-state index in [1.165, 1.54) is 24.3 Å². The molecule has 2 aromatic carbocycles. The van der Waals surface area contributed by atoms with E-state index < -0.39 is 12.0 Å².